The molecular formula is C10H12Cl2O. The molecule has 0 unspecified atom stereocenters. The van der Waals surface area contributed by atoms with Crippen molar-refractivity contribution in [3.63, 3.8) is 0 Å². The fraction of sp³-hybridized carbons (Fsp3) is 0.400. The van der Waals surface area contributed by atoms with Crippen molar-refractivity contribution in [2.45, 2.75) is 24.8 Å². The fourth-order valence-corrected chi connectivity index (χ4v) is 1.27. The van der Waals surface area contributed by atoms with Gasteiger partial charge in [-0.3, -0.25) is 0 Å². The molecule has 0 aliphatic rings. The molecule has 0 aromatic heterocycles. The van der Waals surface area contributed by atoms with Crippen LogP contribution in [0.5, 0.6) is 5.75 Å². The number of alkyl halides is 2. The number of ether oxygens (including phenoxy) is 1. The molecule has 0 fully saturated rings. The number of hydrogen-bond donors (Lipinski definition) is 0. The summed E-state index contributed by atoms with van der Waals surface area (Å²) in [5.41, 5.74) is 0.862. The Bertz CT molecular complexity index is 271. The van der Waals surface area contributed by atoms with E-state index in [1.54, 1.807) is 0 Å². The molecule has 0 aliphatic carbocycles. The summed E-state index contributed by atoms with van der Waals surface area (Å²) in [6, 6.07) is 7.49. The molecular weight excluding hydrogens is 207 g/mol. The van der Waals surface area contributed by atoms with Crippen molar-refractivity contribution in [3.05, 3.63) is 29.8 Å². The molecule has 0 atom stereocenters. The largest absolute Gasteiger partial charge is 0.491 e. The van der Waals surface area contributed by atoms with Crippen molar-refractivity contribution in [1.29, 1.82) is 0 Å². The molecule has 1 aromatic rings. The van der Waals surface area contributed by atoms with E-state index in [9.17, 15) is 0 Å². The first-order valence-corrected chi connectivity index (χ1v) is 5.01. The molecule has 0 aliphatic heterocycles. The van der Waals surface area contributed by atoms with E-state index < -0.39 is 4.84 Å². The Hall–Kier alpha value is -0.400. The van der Waals surface area contributed by atoms with Crippen LogP contribution in [0.3, 0.4) is 0 Å². The highest BCUT2D eigenvalue weighted by Gasteiger charge is 2.04. The minimum Gasteiger partial charge on any atom is -0.491 e. The van der Waals surface area contributed by atoms with Gasteiger partial charge in [0.15, 0.2) is 0 Å². The highest BCUT2D eigenvalue weighted by Crippen LogP contribution is 2.27. The normalized spacial score (nSPS) is 10.9. The lowest BCUT2D eigenvalue weighted by atomic mass is 10.2. The third kappa shape index (κ3) is 3.45. The second-order valence-corrected chi connectivity index (χ2v) is 4.14. The van der Waals surface area contributed by atoms with Crippen molar-refractivity contribution in [2.75, 3.05) is 0 Å². The van der Waals surface area contributed by atoms with Crippen LogP contribution in [0.4, 0.5) is 0 Å². The number of hydrogen-bond acceptors (Lipinski definition) is 1. The number of halogens is 2. The summed E-state index contributed by atoms with van der Waals surface area (Å²) in [5.74, 6) is 0.804. The Morgan fingerprint density at radius 3 is 2.46 bits per heavy atom. The van der Waals surface area contributed by atoms with Crippen LogP contribution >= 0.6 is 23.2 Å². The van der Waals surface area contributed by atoms with Gasteiger partial charge in [-0.25, -0.2) is 0 Å². The van der Waals surface area contributed by atoms with E-state index in [-0.39, 0.29) is 6.10 Å². The van der Waals surface area contributed by atoms with E-state index >= 15 is 0 Å². The molecule has 0 bridgehead atoms. The highest BCUT2D eigenvalue weighted by atomic mass is 35.5. The zero-order valence-corrected chi connectivity index (χ0v) is 9.14. The van der Waals surface area contributed by atoms with Crippen molar-refractivity contribution < 1.29 is 4.74 Å². The van der Waals surface area contributed by atoms with Gasteiger partial charge in [0.1, 0.15) is 10.6 Å². The maximum atomic E-state index is 5.72. The maximum absolute atomic E-state index is 5.72. The minimum atomic E-state index is -0.490. The predicted octanol–water partition coefficient (Wildman–Crippen LogP) is 3.95. The predicted molar refractivity (Wildman–Crippen MR) is 56.7 cm³/mol. The summed E-state index contributed by atoms with van der Waals surface area (Å²) >= 11 is 11.4. The van der Waals surface area contributed by atoms with Crippen LogP contribution in [0, 0.1) is 0 Å². The third-order valence-corrected chi connectivity index (χ3v) is 1.99. The highest BCUT2D eigenvalue weighted by molar-refractivity contribution is 6.44. The molecule has 0 N–H and O–H groups in total. The lowest BCUT2D eigenvalue weighted by molar-refractivity contribution is 0.242. The van der Waals surface area contributed by atoms with Crippen LogP contribution in [-0.4, -0.2) is 6.10 Å². The molecule has 3 heteroatoms. The van der Waals surface area contributed by atoms with Crippen molar-refractivity contribution in [1.82, 2.24) is 0 Å². The first-order valence-electron chi connectivity index (χ1n) is 4.14. The van der Waals surface area contributed by atoms with Gasteiger partial charge in [0, 0.05) is 0 Å². The van der Waals surface area contributed by atoms with Crippen molar-refractivity contribution in [2.24, 2.45) is 0 Å². The average molecular weight is 219 g/mol. The zero-order chi connectivity index (χ0) is 9.84. The average Bonchev–Trinajstić information content (AvgIpc) is 2.03. The molecule has 0 heterocycles. The van der Waals surface area contributed by atoms with E-state index in [1.807, 2.05) is 38.1 Å². The van der Waals surface area contributed by atoms with Crippen molar-refractivity contribution >= 4 is 23.2 Å². The Morgan fingerprint density at radius 1 is 1.23 bits per heavy atom. The lowest BCUT2D eigenvalue weighted by Crippen LogP contribution is -2.05. The first kappa shape index (κ1) is 10.7. The molecule has 1 nitrogen and oxygen atoms in total. The van der Waals surface area contributed by atoms with E-state index in [0.717, 1.165) is 11.3 Å². The van der Waals surface area contributed by atoms with Crippen LogP contribution in [0.25, 0.3) is 0 Å². The van der Waals surface area contributed by atoms with Crippen LogP contribution in [0.1, 0.15) is 24.2 Å². The van der Waals surface area contributed by atoms with Crippen LogP contribution in [0.15, 0.2) is 24.3 Å². The molecule has 0 amide bonds. The summed E-state index contributed by atoms with van der Waals surface area (Å²) in [6.07, 6.45) is 0.166. The van der Waals surface area contributed by atoms with Gasteiger partial charge in [0.25, 0.3) is 0 Å². The van der Waals surface area contributed by atoms with E-state index in [1.165, 1.54) is 0 Å². The Morgan fingerprint density at radius 2 is 1.92 bits per heavy atom. The van der Waals surface area contributed by atoms with Gasteiger partial charge in [-0.2, -0.15) is 0 Å². The van der Waals surface area contributed by atoms with Crippen LogP contribution in [-0.2, 0) is 0 Å². The molecule has 13 heavy (non-hydrogen) atoms. The SMILES string of the molecule is CC(C)Oc1cccc(C(Cl)Cl)c1. The molecule has 0 saturated carbocycles. The summed E-state index contributed by atoms with van der Waals surface area (Å²) in [4.78, 5) is -0.490. The van der Waals surface area contributed by atoms with Gasteiger partial charge in [-0.05, 0) is 31.5 Å². The fourth-order valence-electron chi connectivity index (χ4n) is 0.996. The summed E-state index contributed by atoms with van der Waals surface area (Å²) in [7, 11) is 0. The van der Waals surface area contributed by atoms with Crippen LogP contribution < -0.4 is 4.74 Å². The molecule has 0 spiro atoms. The van der Waals surface area contributed by atoms with E-state index in [0.29, 0.717) is 0 Å². The Kier molecular flexibility index (Phi) is 3.89. The Balaban J connectivity index is 2.79. The van der Waals surface area contributed by atoms with Gasteiger partial charge < -0.3 is 4.74 Å². The number of benzene rings is 1. The molecule has 1 aromatic carbocycles. The molecule has 1 rings (SSSR count). The van der Waals surface area contributed by atoms with Gasteiger partial charge in [-0.15, -0.1) is 23.2 Å². The molecule has 0 radical (unpaired) electrons. The Labute approximate surface area is 88.6 Å². The summed E-state index contributed by atoms with van der Waals surface area (Å²) in [6.45, 7) is 3.96. The van der Waals surface area contributed by atoms with Crippen LogP contribution in [0.2, 0.25) is 0 Å². The van der Waals surface area contributed by atoms with Gasteiger partial charge >= 0.3 is 0 Å². The maximum Gasteiger partial charge on any atom is 0.132 e. The van der Waals surface area contributed by atoms with Gasteiger partial charge in [0.05, 0.1) is 6.10 Å². The van der Waals surface area contributed by atoms with Gasteiger partial charge in [-0.1, -0.05) is 12.1 Å². The second-order valence-electron chi connectivity index (χ2n) is 3.04. The molecule has 72 valence electrons. The van der Waals surface area contributed by atoms with E-state index in [4.69, 9.17) is 27.9 Å². The minimum absolute atomic E-state index is 0.166. The quantitative estimate of drug-likeness (QED) is 0.699. The topological polar surface area (TPSA) is 9.23 Å². The van der Waals surface area contributed by atoms with E-state index in [2.05, 4.69) is 0 Å². The van der Waals surface area contributed by atoms with Crippen molar-refractivity contribution in [3.8, 4) is 5.75 Å². The lowest BCUT2D eigenvalue weighted by Gasteiger charge is -2.10. The smallest absolute Gasteiger partial charge is 0.132 e. The zero-order valence-electron chi connectivity index (χ0n) is 7.63. The standard InChI is InChI=1S/C10H12Cl2O/c1-7(2)13-9-5-3-4-8(6-9)10(11)12/h3-7,10H,1-2H3. The number of rotatable bonds is 3. The third-order valence-electron chi connectivity index (χ3n) is 1.48. The van der Waals surface area contributed by atoms with Gasteiger partial charge in [0.2, 0.25) is 0 Å². The summed E-state index contributed by atoms with van der Waals surface area (Å²) in [5, 5.41) is 0. The monoisotopic (exact) mass is 218 g/mol. The molecule has 0 saturated heterocycles. The first-order chi connectivity index (χ1) is 6.09. The second kappa shape index (κ2) is 4.73. The summed E-state index contributed by atoms with van der Waals surface area (Å²) < 4.78 is 5.49.